The summed E-state index contributed by atoms with van der Waals surface area (Å²) in [7, 11) is 1.89. The molecule has 0 bridgehead atoms. The molecule has 2 rings (SSSR count). The van der Waals surface area contributed by atoms with Crippen LogP contribution in [0.15, 0.2) is 35.1 Å². The van der Waals surface area contributed by atoms with E-state index in [0.29, 0.717) is 0 Å². The molecule has 0 saturated heterocycles. The van der Waals surface area contributed by atoms with Crippen molar-refractivity contribution >= 4 is 15.9 Å². The number of nitrogens with zero attached hydrogens (tertiary/aromatic N) is 3. The molecule has 0 aliphatic heterocycles. The molecule has 0 aliphatic rings. The summed E-state index contributed by atoms with van der Waals surface area (Å²) in [5.74, 6) is 0. The molecule has 0 atom stereocenters. The van der Waals surface area contributed by atoms with Crippen molar-refractivity contribution in [1.82, 2.24) is 14.8 Å². The summed E-state index contributed by atoms with van der Waals surface area (Å²) in [6.07, 6.45) is 1.76. The molecular weight excluding hydrogens is 230 g/mol. The highest BCUT2D eigenvalue weighted by atomic mass is 79.9. The first-order chi connectivity index (χ1) is 6.27. The molecule has 0 aliphatic carbocycles. The summed E-state index contributed by atoms with van der Waals surface area (Å²) in [6.45, 7) is 0. The first-order valence-electron chi connectivity index (χ1n) is 3.88. The Kier molecular flexibility index (Phi) is 2.14. The number of halogens is 1. The van der Waals surface area contributed by atoms with Gasteiger partial charge >= 0.3 is 0 Å². The first-order valence-corrected chi connectivity index (χ1v) is 4.67. The highest BCUT2D eigenvalue weighted by molar-refractivity contribution is 9.10. The highest BCUT2D eigenvalue weighted by Crippen LogP contribution is 2.18. The normalized spacial score (nSPS) is 10.3. The zero-order chi connectivity index (χ0) is 9.26. The van der Waals surface area contributed by atoms with Crippen molar-refractivity contribution in [2.45, 2.75) is 0 Å². The fourth-order valence-electron chi connectivity index (χ4n) is 1.08. The van der Waals surface area contributed by atoms with Gasteiger partial charge in [-0.1, -0.05) is 6.07 Å². The smallest absolute Gasteiger partial charge is 0.112 e. The Balaban J connectivity index is 2.48. The van der Waals surface area contributed by atoms with Gasteiger partial charge in [0.1, 0.15) is 10.3 Å². The summed E-state index contributed by atoms with van der Waals surface area (Å²) >= 11 is 3.39. The predicted molar refractivity (Wildman–Crippen MR) is 54.1 cm³/mol. The number of rotatable bonds is 1. The van der Waals surface area contributed by atoms with E-state index in [4.69, 9.17) is 0 Å². The Morgan fingerprint density at radius 1 is 1.31 bits per heavy atom. The van der Waals surface area contributed by atoms with Crippen LogP contribution in [-0.4, -0.2) is 14.8 Å². The molecule has 0 N–H and O–H groups in total. The molecule has 66 valence electrons. The molecule has 0 amide bonds. The van der Waals surface area contributed by atoms with Crippen LogP contribution in [-0.2, 0) is 7.05 Å². The Hall–Kier alpha value is -1.16. The van der Waals surface area contributed by atoms with Crippen molar-refractivity contribution in [3.05, 3.63) is 35.1 Å². The van der Waals surface area contributed by atoms with Gasteiger partial charge < -0.3 is 0 Å². The van der Waals surface area contributed by atoms with Crippen LogP contribution in [0.4, 0.5) is 0 Å². The first kappa shape index (κ1) is 8.44. The largest absolute Gasteiger partial charge is 0.261 e. The number of hydrogen-bond acceptors (Lipinski definition) is 2. The van der Waals surface area contributed by atoms with Crippen LogP contribution in [0, 0.1) is 0 Å². The van der Waals surface area contributed by atoms with E-state index in [9.17, 15) is 0 Å². The lowest BCUT2D eigenvalue weighted by atomic mass is 10.3. The van der Waals surface area contributed by atoms with Crippen molar-refractivity contribution < 1.29 is 0 Å². The van der Waals surface area contributed by atoms with E-state index in [1.807, 2.05) is 31.3 Å². The minimum Gasteiger partial charge on any atom is -0.261 e. The van der Waals surface area contributed by atoms with Gasteiger partial charge in [0.15, 0.2) is 0 Å². The van der Waals surface area contributed by atoms with E-state index in [-0.39, 0.29) is 0 Å². The number of hydrogen-bond donors (Lipinski definition) is 0. The fraction of sp³-hybridized carbons (Fsp3) is 0.111. The maximum Gasteiger partial charge on any atom is 0.112 e. The molecule has 0 aromatic carbocycles. The van der Waals surface area contributed by atoms with Crippen LogP contribution in [0.1, 0.15) is 0 Å². The minimum atomic E-state index is 0.884. The molecule has 2 heterocycles. The molecule has 13 heavy (non-hydrogen) atoms. The molecule has 0 radical (unpaired) electrons. The van der Waals surface area contributed by atoms with Gasteiger partial charge in [-0.2, -0.15) is 5.10 Å². The third kappa shape index (κ3) is 1.62. The average molecular weight is 238 g/mol. The van der Waals surface area contributed by atoms with Crippen molar-refractivity contribution in [3.63, 3.8) is 0 Å². The fourth-order valence-corrected chi connectivity index (χ4v) is 1.38. The average Bonchev–Trinajstić information content (AvgIpc) is 2.49. The molecule has 0 fully saturated rings. The Bertz CT molecular complexity index is 389. The van der Waals surface area contributed by atoms with Crippen LogP contribution in [0.5, 0.6) is 0 Å². The quantitative estimate of drug-likeness (QED) is 0.762. The molecule has 0 saturated carbocycles. The lowest BCUT2D eigenvalue weighted by Crippen LogP contribution is -1.90. The second-order valence-electron chi connectivity index (χ2n) is 2.69. The van der Waals surface area contributed by atoms with E-state index >= 15 is 0 Å². The lowest BCUT2D eigenvalue weighted by molar-refractivity contribution is 0.752. The van der Waals surface area contributed by atoms with Crippen LogP contribution in [0.25, 0.3) is 11.4 Å². The molecule has 2 aromatic rings. The molecule has 0 spiro atoms. The molecule has 3 nitrogen and oxygen atoms in total. The second kappa shape index (κ2) is 3.30. The van der Waals surface area contributed by atoms with E-state index in [1.54, 1.807) is 10.9 Å². The van der Waals surface area contributed by atoms with Gasteiger partial charge in [-0.25, -0.2) is 0 Å². The van der Waals surface area contributed by atoms with Crippen LogP contribution < -0.4 is 0 Å². The zero-order valence-electron chi connectivity index (χ0n) is 7.11. The molecule has 4 heteroatoms. The zero-order valence-corrected chi connectivity index (χ0v) is 8.69. The molecular formula is C9H8BrN3. The topological polar surface area (TPSA) is 30.7 Å². The van der Waals surface area contributed by atoms with Gasteiger partial charge in [0.2, 0.25) is 0 Å². The van der Waals surface area contributed by atoms with E-state index < -0.39 is 0 Å². The Labute approximate surface area is 84.5 Å². The number of pyridine rings is 1. The summed E-state index contributed by atoms with van der Waals surface area (Å²) in [6, 6.07) is 7.73. The third-order valence-electron chi connectivity index (χ3n) is 1.75. The minimum absolute atomic E-state index is 0.884. The van der Waals surface area contributed by atoms with Crippen molar-refractivity contribution in [1.29, 1.82) is 0 Å². The Morgan fingerprint density at radius 3 is 2.69 bits per heavy atom. The van der Waals surface area contributed by atoms with Crippen LogP contribution in [0.3, 0.4) is 0 Å². The van der Waals surface area contributed by atoms with Gasteiger partial charge in [-0.3, -0.25) is 9.67 Å². The standard InChI is InChI=1S/C9H8BrN3/c1-13-9(10)6-8(12-13)7-4-2-3-5-11-7/h2-6H,1H3. The van der Waals surface area contributed by atoms with E-state index in [0.717, 1.165) is 16.0 Å². The van der Waals surface area contributed by atoms with Gasteiger partial charge in [0.25, 0.3) is 0 Å². The SMILES string of the molecule is Cn1nc(-c2ccccn2)cc1Br. The van der Waals surface area contributed by atoms with Gasteiger partial charge in [-0.15, -0.1) is 0 Å². The van der Waals surface area contributed by atoms with Crippen molar-refractivity contribution in [2.75, 3.05) is 0 Å². The Morgan fingerprint density at radius 2 is 2.15 bits per heavy atom. The molecule has 2 aromatic heterocycles. The van der Waals surface area contributed by atoms with E-state index in [1.165, 1.54) is 0 Å². The monoisotopic (exact) mass is 237 g/mol. The third-order valence-corrected chi connectivity index (χ3v) is 2.49. The van der Waals surface area contributed by atoms with Crippen molar-refractivity contribution in [3.8, 4) is 11.4 Å². The van der Waals surface area contributed by atoms with Crippen molar-refractivity contribution in [2.24, 2.45) is 7.05 Å². The maximum atomic E-state index is 4.29. The second-order valence-corrected chi connectivity index (χ2v) is 3.50. The number of aromatic nitrogens is 3. The highest BCUT2D eigenvalue weighted by Gasteiger charge is 2.04. The van der Waals surface area contributed by atoms with Gasteiger partial charge in [0, 0.05) is 19.3 Å². The number of aryl methyl sites for hydroxylation is 1. The van der Waals surface area contributed by atoms with E-state index in [2.05, 4.69) is 26.0 Å². The molecule has 0 unspecified atom stereocenters. The summed E-state index contributed by atoms with van der Waals surface area (Å²) in [5.41, 5.74) is 1.78. The summed E-state index contributed by atoms with van der Waals surface area (Å²) in [4.78, 5) is 4.21. The van der Waals surface area contributed by atoms with Crippen LogP contribution in [0.2, 0.25) is 0 Å². The van der Waals surface area contributed by atoms with Gasteiger partial charge in [0.05, 0.1) is 5.69 Å². The summed E-state index contributed by atoms with van der Waals surface area (Å²) < 4.78 is 2.72. The van der Waals surface area contributed by atoms with Gasteiger partial charge in [-0.05, 0) is 28.1 Å². The lowest BCUT2D eigenvalue weighted by Gasteiger charge is -1.92. The predicted octanol–water partition coefficient (Wildman–Crippen LogP) is 2.24. The maximum absolute atomic E-state index is 4.29. The van der Waals surface area contributed by atoms with Crippen LogP contribution >= 0.6 is 15.9 Å². The summed E-state index contributed by atoms with van der Waals surface area (Å²) in [5, 5.41) is 4.29.